The SMILES string of the molecule is COc1cc(/C=C/C2=NC3C(C(=O)N(C)C(=O)N3C)N2C)cc(OC)c1OC. The first kappa shape index (κ1) is 19.5. The molecule has 2 atom stereocenters. The minimum atomic E-state index is -0.541. The molecule has 0 radical (unpaired) electrons. The van der Waals surface area contributed by atoms with Gasteiger partial charge in [0.15, 0.2) is 23.7 Å². The summed E-state index contributed by atoms with van der Waals surface area (Å²) in [6.45, 7) is 0. The number of methoxy groups -OCH3 is 3. The van der Waals surface area contributed by atoms with Crippen LogP contribution in [0.3, 0.4) is 0 Å². The average molecular weight is 388 g/mol. The quantitative estimate of drug-likeness (QED) is 0.756. The third kappa shape index (κ3) is 3.02. The number of carbonyl (C=O) groups excluding carboxylic acids is 2. The zero-order chi connectivity index (χ0) is 20.6. The number of amidine groups is 1. The van der Waals surface area contributed by atoms with E-state index in [-0.39, 0.29) is 11.9 Å². The second-order valence-corrected chi connectivity index (χ2v) is 6.54. The van der Waals surface area contributed by atoms with Crippen molar-refractivity contribution in [2.45, 2.75) is 12.2 Å². The summed E-state index contributed by atoms with van der Waals surface area (Å²) in [4.78, 5) is 33.6. The fourth-order valence-electron chi connectivity index (χ4n) is 3.40. The van der Waals surface area contributed by atoms with Gasteiger partial charge in [0.2, 0.25) is 5.75 Å². The van der Waals surface area contributed by atoms with Crippen molar-refractivity contribution in [3.8, 4) is 17.2 Å². The van der Waals surface area contributed by atoms with Crippen LogP contribution in [-0.4, -0.2) is 87.2 Å². The summed E-state index contributed by atoms with van der Waals surface area (Å²) in [7, 11) is 9.57. The van der Waals surface area contributed by atoms with Gasteiger partial charge in [-0.1, -0.05) is 6.08 Å². The molecule has 0 aliphatic carbocycles. The second-order valence-electron chi connectivity index (χ2n) is 6.54. The molecule has 0 saturated carbocycles. The fourth-order valence-corrected chi connectivity index (χ4v) is 3.40. The van der Waals surface area contributed by atoms with Crippen LogP contribution in [0.15, 0.2) is 23.2 Å². The molecule has 3 rings (SSSR count). The number of urea groups is 1. The normalized spacial score (nSPS) is 21.9. The van der Waals surface area contributed by atoms with Crippen LogP contribution in [-0.2, 0) is 4.79 Å². The topological polar surface area (TPSA) is 83.9 Å². The van der Waals surface area contributed by atoms with Gasteiger partial charge in [0.25, 0.3) is 5.91 Å². The maximum Gasteiger partial charge on any atom is 0.328 e. The second kappa shape index (κ2) is 7.41. The zero-order valence-electron chi connectivity index (χ0n) is 16.8. The van der Waals surface area contributed by atoms with Crippen molar-refractivity contribution < 1.29 is 23.8 Å². The van der Waals surface area contributed by atoms with E-state index in [1.807, 2.05) is 18.2 Å². The Labute approximate surface area is 163 Å². The minimum Gasteiger partial charge on any atom is -0.493 e. The van der Waals surface area contributed by atoms with Gasteiger partial charge in [-0.25, -0.2) is 9.79 Å². The Morgan fingerprint density at radius 1 is 0.929 bits per heavy atom. The van der Waals surface area contributed by atoms with Gasteiger partial charge < -0.3 is 24.0 Å². The van der Waals surface area contributed by atoms with Gasteiger partial charge in [-0.3, -0.25) is 9.69 Å². The van der Waals surface area contributed by atoms with Gasteiger partial charge in [0, 0.05) is 21.1 Å². The molecule has 3 amide bonds. The van der Waals surface area contributed by atoms with E-state index in [1.165, 1.54) is 11.9 Å². The van der Waals surface area contributed by atoms with Crippen LogP contribution >= 0.6 is 0 Å². The number of fused-ring (bicyclic) bond motifs is 1. The Morgan fingerprint density at radius 3 is 2.07 bits per heavy atom. The highest BCUT2D eigenvalue weighted by atomic mass is 16.5. The number of nitrogens with zero attached hydrogens (tertiary/aromatic N) is 4. The number of imide groups is 1. The molecular formula is C19H24N4O5. The standard InChI is InChI=1S/C19H24N4O5/c1-21-14(20-17-15(21)18(24)23(3)19(25)22(17)2)8-7-11-9-12(26-4)16(28-6)13(10-11)27-5/h7-10,15,17H,1-6H3/b8-7+. The molecule has 1 fully saturated rings. The predicted molar refractivity (Wildman–Crippen MR) is 104 cm³/mol. The van der Waals surface area contributed by atoms with Gasteiger partial charge in [-0.15, -0.1) is 0 Å². The minimum absolute atomic E-state index is 0.268. The van der Waals surface area contributed by atoms with E-state index in [4.69, 9.17) is 14.2 Å². The number of carbonyl (C=O) groups is 2. The van der Waals surface area contributed by atoms with Gasteiger partial charge in [-0.2, -0.15) is 0 Å². The predicted octanol–water partition coefficient (Wildman–Crippen LogP) is 1.29. The Balaban J connectivity index is 1.91. The lowest BCUT2D eigenvalue weighted by molar-refractivity contribution is -0.135. The van der Waals surface area contributed by atoms with Crippen LogP contribution in [0, 0.1) is 0 Å². The molecule has 2 unspecified atom stereocenters. The average Bonchev–Trinajstić information content (AvgIpc) is 3.04. The maximum atomic E-state index is 12.5. The first-order valence-corrected chi connectivity index (χ1v) is 8.67. The Morgan fingerprint density at radius 2 is 1.54 bits per heavy atom. The number of benzene rings is 1. The van der Waals surface area contributed by atoms with Crippen LogP contribution in [0.2, 0.25) is 0 Å². The fraction of sp³-hybridized carbons (Fsp3) is 0.421. The molecule has 9 heteroatoms. The summed E-state index contributed by atoms with van der Waals surface area (Å²) < 4.78 is 16.1. The molecule has 0 aromatic heterocycles. The van der Waals surface area contributed by atoms with Crippen molar-refractivity contribution in [2.24, 2.45) is 4.99 Å². The monoisotopic (exact) mass is 388 g/mol. The van der Waals surface area contributed by atoms with Gasteiger partial charge >= 0.3 is 6.03 Å². The van der Waals surface area contributed by atoms with Gasteiger partial charge in [0.1, 0.15) is 5.84 Å². The molecule has 150 valence electrons. The lowest BCUT2D eigenvalue weighted by Gasteiger charge is -2.38. The molecule has 0 bridgehead atoms. The summed E-state index contributed by atoms with van der Waals surface area (Å²) in [5.74, 6) is 1.93. The summed E-state index contributed by atoms with van der Waals surface area (Å²) in [5, 5.41) is 0. The number of likely N-dealkylation sites (N-methyl/N-ethyl adjacent to an activating group) is 3. The van der Waals surface area contributed by atoms with Crippen molar-refractivity contribution in [1.29, 1.82) is 0 Å². The lowest BCUT2D eigenvalue weighted by Crippen LogP contribution is -2.63. The van der Waals surface area contributed by atoms with E-state index < -0.39 is 12.2 Å². The highest BCUT2D eigenvalue weighted by Gasteiger charge is 2.49. The zero-order valence-corrected chi connectivity index (χ0v) is 16.8. The van der Waals surface area contributed by atoms with Crippen molar-refractivity contribution in [2.75, 3.05) is 42.5 Å². The summed E-state index contributed by atoms with van der Waals surface area (Å²) in [6, 6.07) is 2.73. The number of hydrogen-bond acceptors (Lipinski definition) is 7. The third-order valence-corrected chi connectivity index (χ3v) is 5.01. The van der Waals surface area contributed by atoms with E-state index in [0.717, 1.165) is 10.5 Å². The molecule has 2 aliphatic rings. The first-order valence-electron chi connectivity index (χ1n) is 8.67. The number of amides is 3. The number of ether oxygens (including phenoxy) is 3. The molecule has 2 heterocycles. The molecule has 0 spiro atoms. The largest absolute Gasteiger partial charge is 0.493 e. The lowest BCUT2D eigenvalue weighted by atomic mass is 10.1. The van der Waals surface area contributed by atoms with Crippen molar-refractivity contribution in [3.63, 3.8) is 0 Å². The number of aliphatic imine (C=N–C) groups is 1. The van der Waals surface area contributed by atoms with Crippen LogP contribution in [0.1, 0.15) is 5.56 Å². The van der Waals surface area contributed by atoms with E-state index in [0.29, 0.717) is 23.1 Å². The Bertz CT molecular complexity index is 841. The van der Waals surface area contributed by atoms with Gasteiger partial charge in [0.05, 0.1) is 21.3 Å². The third-order valence-electron chi connectivity index (χ3n) is 5.01. The highest BCUT2D eigenvalue weighted by molar-refractivity contribution is 6.07. The molecule has 0 N–H and O–H groups in total. The van der Waals surface area contributed by atoms with Gasteiger partial charge in [-0.05, 0) is 23.8 Å². The van der Waals surface area contributed by atoms with E-state index in [2.05, 4.69) is 4.99 Å². The summed E-state index contributed by atoms with van der Waals surface area (Å²) in [5.41, 5.74) is 0.813. The highest BCUT2D eigenvalue weighted by Crippen LogP contribution is 2.38. The van der Waals surface area contributed by atoms with E-state index in [9.17, 15) is 9.59 Å². The number of hydrogen-bond donors (Lipinski definition) is 0. The maximum absolute atomic E-state index is 12.5. The molecule has 2 aliphatic heterocycles. The Kier molecular flexibility index (Phi) is 5.17. The Hall–Kier alpha value is -3.23. The molecule has 1 aromatic rings. The van der Waals surface area contributed by atoms with Crippen LogP contribution < -0.4 is 14.2 Å². The molecule has 1 aromatic carbocycles. The molecule has 1 saturated heterocycles. The van der Waals surface area contributed by atoms with Crippen LogP contribution in [0.25, 0.3) is 6.08 Å². The number of rotatable bonds is 5. The molecule has 28 heavy (non-hydrogen) atoms. The van der Waals surface area contributed by atoms with Crippen LogP contribution in [0.5, 0.6) is 17.2 Å². The van der Waals surface area contributed by atoms with E-state index in [1.54, 1.807) is 46.4 Å². The summed E-state index contributed by atoms with van der Waals surface area (Å²) >= 11 is 0. The van der Waals surface area contributed by atoms with Crippen LogP contribution in [0.4, 0.5) is 4.79 Å². The molecule has 9 nitrogen and oxygen atoms in total. The smallest absolute Gasteiger partial charge is 0.328 e. The van der Waals surface area contributed by atoms with E-state index >= 15 is 0 Å². The van der Waals surface area contributed by atoms with Crippen molar-refractivity contribution in [1.82, 2.24) is 14.7 Å². The first-order chi connectivity index (χ1) is 13.3. The summed E-state index contributed by atoms with van der Waals surface area (Å²) in [6.07, 6.45) is 3.10. The van der Waals surface area contributed by atoms with Crippen molar-refractivity contribution >= 4 is 23.8 Å². The van der Waals surface area contributed by atoms with Crippen molar-refractivity contribution in [3.05, 3.63) is 23.8 Å². The molecular weight excluding hydrogens is 364 g/mol.